The van der Waals surface area contributed by atoms with Crippen molar-refractivity contribution in [1.82, 2.24) is 14.9 Å². The smallest absolute Gasteiger partial charge is 0.125 e. The fraction of sp³-hybridized carbons (Fsp3) is 0.750. The Labute approximate surface area is 126 Å². The first kappa shape index (κ1) is 14.9. The van der Waals surface area contributed by atoms with Gasteiger partial charge in [-0.05, 0) is 45.3 Å². The molecule has 0 spiro atoms. The van der Waals surface area contributed by atoms with Gasteiger partial charge in [0.05, 0.1) is 25.9 Å². The second kappa shape index (κ2) is 7.29. The predicted molar refractivity (Wildman–Crippen MR) is 80.4 cm³/mol. The number of hydrogen-bond donors (Lipinski definition) is 0. The van der Waals surface area contributed by atoms with Gasteiger partial charge in [-0.15, -0.1) is 0 Å². The minimum Gasteiger partial charge on any atom is -0.376 e. The Hall–Kier alpha value is -1.04. The summed E-state index contributed by atoms with van der Waals surface area (Å²) >= 11 is 0. The Morgan fingerprint density at radius 1 is 1.29 bits per heavy atom. The molecule has 21 heavy (non-hydrogen) atoms. The molecule has 0 N–H and O–H groups in total. The highest BCUT2D eigenvalue weighted by molar-refractivity contribution is 5.09. The van der Waals surface area contributed by atoms with Crippen molar-refractivity contribution in [2.75, 3.05) is 39.5 Å². The number of piperidine rings is 1. The third kappa shape index (κ3) is 4.22. The van der Waals surface area contributed by atoms with Gasteiger partial charge in [0.15, 0.2) is 0 Å². The average molecular weight is 291 g/mol. The van der Waals surface area contributed by atoms with Gasteiger partial charge in [-0.1, -0.05) is 0 Å². The summed E-state index contributed by atoms with van der Waals surface area (Å²) in [6.07, 6.45) is 5.64. The SMILES string of the molecule is Cc1nccc(C2CCN(CCC3COCCO3)CC2)n1. The van der Waals surface area contributed by atoms with E-state index in [1.54, 1.807) is 0 Å². The van der Waals surface area contributed by atoms with E-state index >= 15 is 0 Å². The van der Waals surface area contributed by atoms with E-state index < -0.39 is 0 Å². The van der Waals surface area contributed by atoms with Crippen molar-refractivity contribution in [1.29, 1.82) is 0 Å². The zero-order valence-corrected chi connectivity index (χ0v) is 12.8. The number of aryl methyl sites for hydroxylation is 1. The zero-order chi connectivity index (χ0) is 14.5. The lowest BCUT2D eigenvalue weighted by atomic mass is 9.93. The van der Waals surface area contributed by atoms with E-state index in [9.17, 15) is 0 Å². The van der Waals surface area contributed by atoms with E-state index in [-0.39, 0.29) is 0 Å². The summed E-state index contributed by atoms with van der Waals surface area (Å²) in [5.74, 6) is 1.47. The molecule has 5 nitrogen and oxygen atoms in total. The van der Waals surface area contributed by atoms with Gasteiger partial charge in [-0.25, -0.2) is 9.97 Å². The van der Waals surface area contributed by atoms with E-state index in [1.807, 2.05) is 13.1 Å². The summed E-state index contributed by atoms with van der Waals surface area (Å²) in [5, 5.41) is 0. The van der Waals surface area contributed by atoms with Crippen LogP contribution in [0, 0.1) is 6.92 Å². The number of aromatic nitrogens is 2. The maximum atomic E-state index is 5.70. The number of nitrogens with zero attached hydrogens (tertiary/aromatic N) is 3. The Kier molecular flexibility index (Phi) is 5.17. The Bertz CT molecular complexity index is 441. The maximum absolute atomic E-state index is 5.70. The fourth-order valence-electron chi connectivity index (χ4n) is 3.18. The molecule has 0 radical (unpaired) electrons. The number of hydrogen-bond acceptors (Lipinski definition) is 5. The fourth-order valence-corrected chi connectivity index (χ4v) is 3.18. The summed E-state index contributed by atoms with van der Waals surface area (Å²) in [5.41, 5.74) is 1.21. The molecule has 0 amide bonds. The standard InChI is InChI=1S/C16H25N3O2/c1-13-17-6-2-16(18-13)14-3-7-19(8-4-14)9-5-15-12-20-10-11-21-15/h2,6,14-15H,3-5,7-12H2,1H3. The number of likely N-dealkylation sites (tertiary alicyclic amines) is 1. The highest BCUT2D eigenvalue weighted by atomic mass is 16.6. The molecule has 0 saturated carbocycles. The Balaban J connectivity index is 1.42. The highest BCUT2D eigenvalue weighted by Crippen LogP contribution is 2.26. The van der Waals surface area contributed by atoms with Gasteiger partial charge in [0.25, 0.3) is 0 Å². The molecule has 3 heterocycles. The zero-order valence-electron chi connectivity index (χ0n) is 12.8. The minimum absolute atomic E-state index is 0.293. The molecule has 2 aliphatic rings. The van der Waals surface area contributed by atoms with Crippen LogP contribution in [-0.4, -0.2) is 60.4 Å². The summed E-state index contributed by atoms with van der Waals surface area (Å²) < 4.78 is 11.2. The molecule has 2 saturated heterocycles. The van der Waals surface area contributed by atoms with Crippen molar-refractivity contribution in [3.05, 3.63) is 23.8 Å². The molecule has 1 aromatic rings. The van der Waals surface area contributed by atoms with Crippen LogP contribution in [0.15, 0.2) is 12.3 Å². The lowest BCUT2D eigenvalue weighted by molar-refractivity contribution is -0.0930. The second-order valence-electron chi connectivity index (χ2n) is 6.00. The first-order valence-corrected chi connectivity index (χ1v) is 8.02. The molecule has 2 fully saturated rings. The lowest BCUT2D eigenvalue weighted by Gasteiger charge is -2.33. The van der Waals surface area contributed by atoms with Gasteiger partial charge in [0.1, 0.15) is 5.82 Å². The van der Waals surface area contributed by atoms with Gasteiger partial charge < -0.3 is 14.4 Å². The molecule has 0 bridgehead atoms. The quantitative estimate of drug-likeness (QED) is 0.846. The van der Waals surface area contributed by atoms with Crippen molar-refractivity contribution in [2.45, 2.75) is 38.2 Å². The van der Waals surface area contributed by atoms with Crippen LogP contribution in [0.1, 0.15) is 36.7 Å². The predicted octanol–water partition coefficient (Wildman–Crippen LogP) is 1.77. The van der Waals surface area contributed by atoms with Crippen LogP contribution in [0.5, 0.6) is 0 Å². The molecule has 2 aliphatic heterocycles. The van der Waals surface area contributed by atoms with Gasteiger partial charge in [-0.2, -0.15) is 0 Å². The normalized spacial score (nSPS) is 25.1. The van der Waals surface area contributed by atoms with Crippen molar-refractivity contribution in [3.8, 4) is 0 Å². The molecule has 1 unspecified atom stereocenters. The molecule has 116 valence electrons. The number of rotatable bonds is 4. The summed E-state index contributed by atoms with van der Waals surface area (Å²) in [4.78, 5) is 11.3. The first-order chi connectivity index (χ1) is 10.3. The summed E-state index contributed by atoms with van der Waals surface area (Å²) in [6.45, 7) is 7.65. The van der Waals surface area contributed by atoms with Gasteiger partial charge in [0.2, 0.25) is 0 Å². The van der Waals surface area contributed by atoms with Gasteiger partial charge >= 0.3 is 0 Å². The van der Waals surface area contributed by atoms with Gasteiger partial charge in [0, 0.05) is 24.4 Å². The first-order valence-electron chi connectivity index (χ1n) is 8.02. The minimum atomic E-state index is 0.293. The molecule has 1 atom stereocenters. The molecule has 5 heteroatoms. The third-order valence-corrected chi connectivity index (χ3v) is 4.46. The van der Waals surface area contributed by atoms with Crippen molar-refractivity contribution >= 4 is 0 Å². The average Bonchev–Trinajstić information content (AvgIpc) is 2.54. The molecule has 1 aromatic heterocycles. The van der Waals surface area contributed by atoms with Crippen LogP contribution in [0.4, 0.5) is 0 Å². The van der Waals surface area contributed by atoms with Crippen molar-refractivity contribution in [3.63, 3.8) is 0 Å². The van der Waals surface area contributed by atoms with Crippen LogP contribution >= 0.6 is 0 Å². The molecular formula is C16H25N3O2. The summed E-state index contributed by atoms with van der Waals surface area (Å²) in [7, 11) is 0. The van der Waals surface area contributed by atoms with Crippen molar-refractivity contribution in [2.24, 2.45) is 0 Å². The largest absolute Gasteiger partial charge is 0.376 e. The van der Waals surface area contributed by atoms with Gasteiger partial charge in [-0.3, -0.25) is 0 Å². The second-order valence-corrected chi connectivity index (χ2v) is 6.00. The Morgan fingerprint density at radius 2 is 2.14 bits per heavy atom. The Morgan fingerprint density at radius 3 is 2.86 bits per heavy atom. The molecular weight excluding hydrogens is 266 g/mol. The molecule has 0 aliphatic carbocycles. The topological polar surface area (TPSA) is 47.5 Å². The highest BCUT2D eigenvalue weighted by Gasteiger charge is 2.23. The maximum Gasteiger partial charge on any atom is 0.125 e. The van der Waals surface area contributed by atoms with E-state index in [0.29, 0.717) is 12.0 Å². The van der Waals surface area contributed by atoms with Crippen LogP contribution in [0.3, 0.4) is 0 Å². The number of ether oxygens (including phenoxy) is 2. The van der Waals surface area contributed by atoms with E-state index in [4.69, 9.17) is 9.47 Å². The van der Waals surface area contributed by atoms with Crippen LogP contribution in [-0.2, 0) is 9.47 Å². The van der Waals surface area contributed by atoms with E-state index in [0.717, 1.165) is 51.7 Å². The summed E-state index contributed by atoms with van der Waals surface area (Å²) in [6, 6.07) is 2.07. The molecule has 3 rings (SSSR count). The van der Waals surface area contributed by atoms with E-state index in [1.165, 1.54) is 18.5 Å². The van der Waals surface area contributed by atoms with Crippen molar-refractivity contribution < 1.29 is 9.47 Å². The van der Waals surface area contributed by atoms with Crippen LogP contribution in [0.2, 0.25) is 0 Å². The lowest BCUT2D eigenvalue weighted by Crippen LogP contribution is -2.37. The molecule has 0 aromatic carbocycles. The van der Waals surface area contributed by atoms with E-state index in [2.05, 4.69) is 20.9 Å². The monoisotopic (exact) mass is 291 g/mol. The van der Waals surface area contributed by atoms with Crippen LogP contribution in [0.25, 0.3) is 0 Å². The van der Waals surface area contributed by atoms with Crippen LogP contribution < -0.4 is 0 Å². The third-order valence-electron chi connectivity index (χ3n) is 4.46.